The summed E-state index contributed by atoms with van der Waals surface area (Å²) in [5.41, 5.74) is 8.14. The van der Waals surface area contributed by atoms with Gasteiger partial charge in [0.25, 0.3) is 0 Å². The summed E-state index contributed by atoms with van der Waals surface area (Å²) in [5, 5.41) is 4.33. The van der Waals surface area contributed by atoms with E-state index in [0.717, 1.165) is 18.5 Å². The molecule has 3 rings (SSSR count). The van der Waals surface area contributed by atoms with E-state index in [-0.39, 0.29) is 0 Å². The quantitative estimate of drug-likeness (QED) is 0.911. The lowest BCUT2D eigenvalue weighted by atomic mass is 9.71. The lowest BCUT2D eigenvalue weighted by Crippen LogP contribution is -2.32. The Morgan fingerprint density at radius 3 is 2.55 bits per heavy atom. The number of hydrogen-bond donors (Lipinski definition) is 1. The zero-order valence-corrected chi connectivity index (χ0v) is 12.0. The molecule has 1 fully saturated rings. The summed E-state index contributed by atoms with van der Waals surface area (Å²) >= 11 is 0. The first-order chi connectivity index (χ1) is 9.66. The number of anilines is 1. The second-order valence-corrected chi connectivity index (χ2v) is 5.99. The average molecular weight is 271 g/mol. The third-order valence-corrected chi connectivity index (χ3v) is 4.55. The van der Waals surface area contributed by atoms with Gasteiger partial charge in [-0.2, -0.15) is 5.10 Å². The number of pyridine rings is 1. The van der Waals surface area contributed by atoms with Gasteiger partial charge >= 0.3 is 0 Å². The minimum Gasteiger partial charge on any atom is -0.397 e. The molecule has 0 spiro atoms. The summed E-state index contributed by atoms with van der Waals surface area (Å²) < 4.78 is 2.02. The first kappa shape index (κ1) is 13.1. The van der Waals surface area contributed by atoms with Gasteiger partial charge in [-0.1, -0.05) is 13.8 Å². The van der Waals surface area contributed by atoms with Crippen LogP contribution in [0.25, 0.3) is 0 Å². The van der Waals surface area contributed by atoms with E-state index in [4.69, 9.17) is 5.73 Å². The first-order valence-electron chi connectivity index (χ1n) is 7.20. The number of nitrogens with zero attached hydrogens (tertiary/aromatic N) is 4. The van der Waals surface area contributed by atoms with E-state index in [2.05, 4.69) is 35.0 Å². The van der Waals surface area contributed by atoms with Crippen molar-refractivity contribution in [1.29, 1.82) is 0 Å². The molecule has 1 saturated carbocycles. The molecule has 0 radical (unpaired) electrons. The highest BCUT2D eigenvalue weighted by Gasteiger charge is 2.35. The maximum absolute atomic E-state index is 6.08. The average Bonchev–Trinajstić information content (AvgIpc) is 2.92. The number of nitrogens with two attached hydrogens (primary N) is 1. The van der Waals surface area contributed by atoms with Crippen LogP contribution in [-0.4, -0.2) is 19.7 Å². The SMILES string of the molecule is C[C@@H]1CC(c2ccncc2N)C[C@H](C)C1n1cncn1. The summed E-state index contributed by atoms with van der Waals surface area (Å²) in [7, 11) is 0. The molecule has 0 aliphatic heterocycles. The van der Waals surface area contributed by atoms with Crippen LogP contribution in [0, 0.1) is 11.8 Å². The Hall–Kier alpha value is -1.91. The third-order valence-electron chi connectivity index (χ3n) is 4.55. The van der Waals surface area contributed by atoms with Gasteiger partial charge in [0.2, 0.25) is 0 Å². The molecule has 20 heavy (non-hydrogen) atoms. The first-order valence-corrected chi connectivity index (χ1v) is 7.20. The van der Waals surface area contributed by atoms with E-state index in [1.807, 2.05) is 17.2 Å². The molecule has 2 heterocycles. The molecule has 1 aliphatic carbocycles. The van der Waals surface area contributed by atoms with Crippen molar-refractivity contribution in [2.75, 3.05) is 5.73 Å². The van der Waals surface area contributed by atoms with E-state index in [9.17, 15) is 0 Å². The van der Waals surface area contributed by atoms with Gasteiger partial charge in [0.05, 0.1) is 17.9 Å². The highest BCUT2D eigenvalue weighted by atomic mass is 15.3. The molecule has 1 aliphatic rings. The zero-order chi connectivity index (χ0) is 14.1. The molecular formula is C15H21N5. The van der Waals surface area contributed by atoms with Crippen LogP contribution in [-0.2, 0) is 0 Å². The van der Waals surface area contributed by atoms with Gasteiger partial charge in [0, 0.05) is 6.20 Å². The van der Waals surface area contributed by atoms with Gasteiger partial charge in [0.15, 0.2) is 0 Å². The van der Waals surface area contributed by atoms with Crippen LogP contribution in [0.4, 0.5) is 5.69 Å². The second kappa shape index (κ2) is 5.23. The highest BCUT2D eigenvalue weighted by Crippen LogP contribution is 2.45. The van der Waals surface area contributed by atoms with Crippen molar-refractivity contribution in [3.63, 3.8) is 0 Å². The van der Waals surface area contributed by atoms with Crippen LogP contribution in [0.15, 0.2) is 31.1 Å². The molecule has 0 amide bonds. The summed E-state index contributed by atoms with van der Waals surface area (Å²) in [4.78, 5) is 8.17. The Morgan fingerprint density at radius 2 is 1.95 bits per heavy atom. The summed E-state index contributed by atoms with van der Waals surface area (Å²) in [6.07, 6.45) is 9.30. The summed E-state index contributed by atoms with van der Waals surface area (Å²) in [6.45, 7) is 4.60. The van der Waals surface area contributed by atoms with Crippen molar-refractivity contribution >= 4 is 5.69 Å². The van der Waals surface area contributed by atoms with Crippen LogP contribution < -0.4 is 5.73 Å². The predicted octanol–water partition coefficient (Wildman–Crippen LogP) is 2.65. The third kappa shape index (κ3) is 2.28. The van der Waals surface area contributed by atoms with Crippen LogP contribution in [0.5, 0.6) is 0 Å². The fraction of sp³-hybridized carbons (Fsp3) is 0.533. The summed E-state index contributed by atoms with van der Waals surface area (Å²) in [5.74, 6) is 1.62. The van der Waals surface area contributed by atoms with Gasteiger partial charge in [0.1, 0.15) is 12.7 Å². The van der Waals surface area contributed by atoms with Crippen molar-refractivity contribution in [3.8, 4) is 0 Å². The topological polar surface area (TPSA) is 69.6 Å². The van der Waals surface area contributed by atoms with Gasteiger partial charge < -0.3 is 5.73 Å². The maximum atomic E-state index is 6.08. The Bertz CT molecular complexity index is 553. The second-order valence-electron chi connectivity index (χ2n) is 5.99. The monoisotopic (exact) mass is 271 g/mol. The molecule has 2 unspecified atom stereocenters. The minimum atomic E-state index is 0.428. The van der Waals surface area contributed by atoms with Crippen LogP contribution in [0.2, 0.25) is 0 Å². The molecule has 106 valence electrons. The Morgan fingerprint density at radius 1 is 1.20 bits per heavy atom. The Balaban J connectivity index is 1.83. The highest BCUT2D eigenvalue weighted by molar-refractivity contribution is 5.46. The van der Waals surface area contributed by atoms with Gasteiger partial charge in [-0.15, -0.1) is 0 Å². The van der Waals surface area contributed by atoms with Crippen molar-refractivity contribution in [1.82, 2.24) is 19.7 Å². The van der Waals surface area contributed by atoms with Gasteiger partial charge in [-0.3, -0.25) is 4.98 Å². The van der Waals surface area contributed by atoms with Crippen molar-refractivity contribution in [3.05, 3.63) is 36.7 Å². The number of hydrogen-bond acceptors (Lipinski definition) is 4. The van der Waals surface area contributed by atoms with Crippen LogP contribution in [0.3, 0.4) is 0 Å². The van der Waals surface area contributed by atoms with Crippen LogP contribution in [0.1, 0.15) is 44.2 Å². The lowest BCUT2D eigenvalue weighted by Gasteiger charge is -2.39. The Kier molecular flexibility index (Phi) is 3.42. The fourth-order valence-electron chi connectivity index (χ4n) is 3.77. The molecule has 2 aromatic rings. The van der Waals surface area contributed by atoms with E-state index in [0.29, 0.717) is 23.8 Å². The zero-order valence-electron chi connectivity index (χ0n) is 12.0. The molecule has 2 N–H and O–H groups in total. The number of rotatable bonds is 2. The fourth-order valence-corrected chi connectivity index (χ4v) is 3.77. The maximum Gasteiger partial charge on any atom is 0.137 e. The van der Waals surface area contributed by atoms with E-state index < -0.39 is 0 Å². The van der Waals surface area contributed by atoms with Gasteiger partial charge in [-0.05, 0) is 42.2 Å². The largest absolute Gasteiger partial charge is 0.397 e. The van der Waals surface area contributed by atoms with Gasteiger partial charge in [-0.25, -0.2) is 9.67 Å². The molecule has 5 nitrogen and oxygen atoms in total. The molecule has 4 atom stereocenters. The summed E-state index contributed by atoms with van der Waals surface area (Å²) in [6, 6.07) is 2.49. The smallest absolute Gasteiger partial charge is 0.137 e. The van der Waals surface area contributed by atoms with Crippen molar-refractivity contribution < 1.29 is 0 Å². The minimum absolute atomic E-state index is 0.428. The van der Waals surface area contributed by atoms with E-state index >= 15 is 0 Å². The number of aromatic nitrogens is 4. The van der Waals surface area contributed by atoms with Crippen LogP contribution >= 0.6 is 0 Å². The van der Waals surface area contributed by atoms with E-state index in [1.165, 1.54) is 5.56 Å². The standard InChI is InChI=1S/C15H21N5/c1-10-5-12(13-3-4-17-7-14(13)16)6-11(2)15(10)20-9-18-8-19-20/h3-4,7-12,15H,5-6,16H2,1-2H3/t10-,11+,12?,15?. The molecule has 2 aromatic heterocycles. The molecule has 0 aromatic carbocycles. The normalized spacial score (nSPS) is 30.3. The molecule has 5 heteroatoms. The lowest BCUT2D eigenvalue weighted by molar-refractivity contribution is 0.152. The number of nitrogen functional groups attached to an aromatic ring is 1. The molecule has 0 saturated heterocycles. The van der Waals surface area contributed by atoms with Crippen molar-refractivity contribution in [2.24, 2.45) is 11.8 Å². The van der Waals surface area contributed by atoms with E-state index in [1.54, 1.807) is 12.5 Å². The predicted molar refractivity (Wildman–Crippen MR) is 78.0 cm³/mol. The molecular weight excluding hydrogens is 250 g/mol. The van der Waals surface area contributed by atoms with Crippen molar-refractivity contribution in [2.45, 2.75) is 38.6 Å². The Labute approximate surface area is 119 Å². The molecule has 0 bridgehead atoms.